The highest BCUT2D eigenvalue weighted by molar-refractivity contribution is 5.97. The molecular weight excluding hydrogens is 220 g/mol. The summed E-state index contributed by atoms with van der Waals surface area (Å²) in [5.74, 6) is -0.280. The van der Waals surface area contributed by atoms with Gasteiger partial charge in [-0.25, -0.2) is 4.98 Å². The molecule has 0 bridgehead atoms. The molecule has 1 unspecified atom stereocenters. The first kappa shape index (κ1) is 11.4. The molecule has 1 atom stereocenters. The van der Waals surface area contributed by atoms with Crippen LogP contribution in [0.3, 0.4) is 0 Å². The summed E-state index contributed by atoms with van der Waals surface area (Å²) in [4.78, 5) is 26.7. The summed E-state index contributed by atoms with van der Waals surface area (Å²) in [6.45, 7) is 0.456. The molecule has 1 aromatic rings. The van der Waals surface area contributed by atoms with E-state index in [1.54, 1.807) is 12.1 Å². The van der Waals surface area contributed by atoms with Gasteiger partial charge in [-0.2, -0.15) is 0 Å². The zero-order chi connectivity index (χ0) is 12.3. The molecule has 2 rings (SSSR count). The van der Waals surface area contributed by atoms with Crippen LogP contribution in [-0.4, -0.2) is 29.4 Å². The Kier molecular flexibility index (Phi) is 3.22. The van der Waals surface area contributed by atoms with Crippen molar-refractivity contribution < 1.29 is 9.59 Å². The molecule has 2 heterocycles. The van der Waals surface area contributed by atoms with Gasteiger partial charge in [-0.1, -0.05) is 0 Å². The quantitative estimate of drug-likeness (QED) is 0.652. The zero-order valence-corrected chi connectivity index (χ0v) is 9.27. The highest BCUT2D eigenvalue weighted by Crippen LogP contribution is 2.08. The number of anilines is 1. The third-order valence-electron chi connectivity index (χ3n) is 2.65. The van der Waals surface area contributed by atoms with Crippen LogP contribution in [0.2, 0.25) is 0 Å². The minimum atomic E-state index is -0.302. The van der Waals surface area contributed by atoms with Crippen LogP contribution in [0, 0.1) is 0 Å². The average molecular weight is 234 g/mol. The molecule has 0 radical (unpaired) electrons. The molecule has 2 amide bonds. The molecule has 1 saturated heterocycles. The number of nitrogens with two attached hydrogens (primary N) is 1. The zero-order valence-electron chi connectivity index (χ0n) is 9.27. The van der Waals surface area contributed by atoms with Crippen LogP contribution in [0.25, 0.3) is 0 Å². The van der Waals surface area contributed by atoms with Gasteiger partial charge in [-0.05, 0) is 18.6 Å². The number of nitrogen functional groups attached to an aromatic ring is 1. The number of carbonyl (C=O) groups is 2. The summed E-state index contributed by atoms with van der Waals surface area (Å²) in [6, 6.07) is 3.25. The molecule has 1 fully saturated rings. The van der Waals surface area contributed by atoms with Crippen LogP contribution >= 0.6 is 0 Å². The molecule has 1 aliphatic heterocycles. The molecule has 6 nitrogen and oxygen atoms in total. The molecule has 0 spiro atoms. The van der Waals surface area contributed by atoms with Crippen molar-refractivity contribution in [1.82, 2.24) is 15.6 Å². The predicted molar refractivity (Wildman–Crippen MR) is 62.1 cm³/mol. The maximum absolute atomic E-state index is 11.8. The van der Waals surface area contributed by atoms with Gasteiger partial charge in [-0.3, -0.25) is 9.59 Å². The Hall–Kier alpha value is -2.11. The predicted octanol–water partition coefficient (Wildman–Crippen LogP) is -0.328. The van der Waals surface area contributed by atoms with Gasteiger partial charge in [0.1, 0.15) is 0 Å². The van der Waals surface area contributed by atoms with E-state index in [-0.39, 0.29) is 23.6 Å². The first-order valence-electron chi connectivity index (χ1n) is 5.45. The molecular formula is C11H14N4O2. The minimum Gasteiger partial charge on any atom is -0.397 e. The van der Waals surface area contributed by atoms with Crippen LogP contribution in [0.5, 0.6) is 0 Å². The normalized spacial score (nSPS) is 19.5. The number of rotatable bonds is 2. The molecule has 0 aliphatic carbocycles. The second kappa shape index (κ2) is 4.82. The van der Waals surface area contributed by atoms with Gasteiger partial charge in [0.15, 0.2) is 5.69 Å². The van der Waals surface area contributed by atoms with Crippen LogP contribution in [0.4, 0.5) is 5.69 Å². The van der Waals surface area contributed by atoms with Crippen molar-refractivity contribution in [3.63, 3.8) is 0 Å². The number of nitrogens with one attached hydrogen (secondary N) is 2. The molecule has 90 valence electrons. The lowest BCUT2D eigenvalue weighted by molar-refractivity contribution is -0.122. The number of aromatic nitrogens is 1. The van der Waals surface area contributed by atoms with Gasteiger partial charge < -0.3 is 16.4 Å². The highest BCUT2D eigenvalue weighted by atomic mass is 16.2. The van der Waals surface area contributed by atoms with Gasteiger partial charge in [0.25, 0.3) is 5.91 Å². The number of hydrogen-bond donors (Lipinski definition) is 3. The summed E-state index contributed by atoms with van der Waals surface area (Å²) < 4.78 is 0. The van der Waals surface area contributed by atoms with E-state index in [9.17, 15) is 9.59 Å². The van der Waals surface area contributed by atoms with Gasteiger partial charge in [0, 0.05) is 25.2 Å². The Balaban J connectivity index is 1.98. The molecule has 1 aliphatic rings. The topological polar surface area (TPSA) is 97.1 Å². The Labute approximate surface area is 98.6 Å². The van der Waals surface area contributed by atoms with Gasteiger partial charge in [0.05, 0.1) is 5.69 Å². The van der Waals surface area contributed by atoms with E-state index in [4.69, 9.17) is 5.73 Å². The van der Waals surface area contributed by atoms with Crippen LogP contribution in [0.15, 0.2) is 18.3 Å². The minimum absolute atomic E-state index is 0.0212. The largest absolute Gasteiger partial charge is 0.397 e. The molecule has 0 aromatic carbocycles. The Bertz CT molecular complexity index is 437. The summed E-state index contributed by atoms with van der Waals surface area (Å²) in [5, 5.41) is 5.50. The van der Waals surface area contributed by atoms with Gasteiger partial charge >= 0.3 is 0 Å². The standard InChI is InChI=1S/C11H14N4O2/c12-8-2-1-5-13-10(8)11(17)15-7-3-4-9(16)14-6-7/h1-2,5,7H,3-4,6,12H2,(H,14,16)(H,15,17). The van der Waals surface area contributed by atoms with Gasteiger partial charge in [0.2, 0.25) is 5.91 Å². The monoisotopic (exact) mass is 234 g/mol. The molecule has 4 N–H and O–H groups in total. The summed E-state index contributed by atoms with van der Waals surface area (Å²) in [7, 11) is 0. The summed E-state index contributed by atoms with van der Waals surface area (Å²) >= 11 is 0. The number of nitrogens with zero attached hydrogens (tertiary/aromatic N) is 1. The van der Waals surface area contributed by atoms with E-state index in [0.717, 1.165) is 0 Å². The fraction of sp³-hybridized carbons (Fsp3) is 0.364. The average Bonchev–Trinajstić information content (AvgIpc) is 2.32. The Morgan fingerprint density at radius 3 is 3.06 bits per heavy atom. The molecule has 0 saturated carbocycles. The van der Waals surface area contributed by atoms with E-state index >= 15 is 0 Å². The first-order chi connectivity index (χ1) is 8.16. The van der Waals surface area contributed by atoms with Crippen molar-refractivity contribution in [2.24, 2.45) is 0 Å². The van der Waals surface area contributed by atoms with Crippen molar-refractivity contribution in [3.05, 3.63) is 24.0 Å². The van der Waals surface area contributed by atoms with Crippen LogP contribution in [0.1, 0.15) is 23.3 Å². The number of pyridine rings is 1. The Morgan fingerprint density at radius 2 is 2.41 bits per heavy atom. The molecule has 1 aromatic heterocycles. The van der Waals surface area contributed by atoms with Crippen molar-refractivity contribution in [2.45, 2.75) is 18.9 Å². The van der Waals surface area contributed by atoms with Crippen molar-refractivity contribution in [3.8, 4) is 0 Å². The smallest absolute Gasteiger partial charge is 0.272 e. The summed E-state index contributed by atoms with van der Waals surface area (Å²) in [6.07, 6.45) is 2.60. The lowest BCUT2D eigenvalue weighted by Crippen LogP contribution is -2.48. The lowest BCUT2D eigenvalue weighted by atomic mass is 10.1. The van der Waals surface area contributed by atoms with E-state index in [0.29, 0.717) is 25.1 Å². The molecule has 17 heavy (non-hydrogen) atoms. The van der Waals surface area contributed by atoms with Crippen LogP contribution < -0.4 is 16.4 Å². The number of hydrogen-bond acceptors (Lipinski definition) is 4. The van der Waals surface area contributed by atoms with Gasteiger partial charge in [-0.15, -0.1) is 0 Å². The van der Waals surface area contributed by atoms with Crippen molar-refractivity contribution in [2.75, 3.05) is 12.3 Å². The number of piperidine rings is 1. The SMILES string of the molecule is Nc1cccnc1C(=O)NC1CCC(=O)NC1. The van der Waals surface area contributed by atoms with Crippen molar-refractivity contribution in [1.29, 1.82) is 0 Å². The van der Waals surface area contributed by atoms with E-state index in [2.05, 4.69) is 15.6 Å². The van der Waals surface area contributed by atoms with Crippen LogP contribution in [-0.2, 0) is 4.79 Å². The second-order valence-corrected chi connectivity index (χ2v) is 3.95. The fourth-order valence-corrected chi connectivity index (χ4v) is 1.72. The summed E-state index contributed by atoms with van der Waals surface area (Å²) in [5.41, 5.74) is 6.23. The van der Waals surface area contributed by atoms with E-state index in [1.807, 2.05) is 0 Å². The lowest BCUT2D eigenvalue weighted by Gasteiger charge is -2.23. The maximum Gasteiger partial charge on any atom is 0.272 e. The number of amides is 2. The van der Waals surface area contributed by atoms with E-state index < -0.39 is 0 Å². The maximum atomic E-state index is 11.8. The first-order valence-corrected chi connectivity index (χ1v) is 5.45. The third-order valence-corrected chi connectivity index (χ3v) is 2.65. The highest BCUT2D eigenvalue weighted by Gasteiger charge is 2.21. The Morgan fingerprint density at radius 1 is 1.59 bits per heavy atom. The fourth-order valence-electron chi connectivity index (χ4n) is 1.72. The van der Waals surface area contributed by atoms with E-state index in [1.165, 1.54) is 6.20 Å². The second-order valence-electron chi connectivity index (χ2n) is 3.95. The van der Waals surface area contributed by atoms with Crippen molar-refractivity contribution >= 4 is 17.5 Å². The molecule has 6 heteroatoms. The third kappa shape index (κ3) is 2.72. The number of carbonyl (C=O) groups excluding carboxylic acids is 2.